The summed E-state index contributed by atoms with van der Waals surface area (Å²) < 4.78 is 10.5. The predicted octanol–water partition coefficient (Wildman–Crippen LogP) is 1.65. The van der Waals surface area contributed by atoms with Gasteiger partial charge < -0.3 is 14.4 Å². The van der Waals surface area contributed by atoms with Gasteiger partial charge >= 0.3 is 0 Å². The van der Waals surface area contributed by atoms with Gasteiger partial charge in [0.15, 0.2) is 11.5 Å². The van der Waals surface area contributed by atoms with Crippen LogP contribution in [0.3, 0.4) is 0 Å². The first-order chi connectivity index (χ1) is 6.68. The Morgan fingerprint density at radius 1 is 1.29 bits per heavy atom. The molecule has 0 amide bonds. The molecule has 1 aliphatic heterocycles. The Kier molecular flexibility index (Phi) is 2.29. The zero-order valence-corrected chi connectivity index (χ0v) is 8.93. The van der Waals surface area contributed by atoms with Crippen molar-refractivity contribution in [2.75, 3.05) is 20.9 Å². The van der Waals surface area contributed by atoms with Gasteiger partial charge in [0.1, 0.15) is 4.99 Å². The highest BCUT2D eigenvalue weighted by Crippen LogP contribution is 2.32. The van der Waals surface area contributed by atoms with Gasteiger partial charge in [-0.15, -0.1) is 0 Å². The van der Waals surface area contributed by atoms with E-state index in [9.17, 15) is 0 Å². The van der Waals surface area contributed by atoms with Crippen molar-refractivity contribution in [1.29, 1.82) is 0 Å². The highest BCUT2D eigenvalue weighted by molar-refractivity contribution is 7.80. The number of thiocarbonyl (C=S) groups is 1. The number of rotatable bonds is 1. The lowest BCUT2D eigenvalue weighted by atomic mass is 10.2. The minimum absolute atomic E-state index is 0.299. The van der Waals surface area contributed by atoms with Crippen LogP contribution >= 0.6 is 12.2 Å². The number of ether oxygens (including phenoxy) is 2. The molecule has 0 spiro atoms. The van der Waals surface area contributed by atoms with Crippen LogP contribution in [0.1, 0.15) is 5.56 Å². The highest BCUT2D eigenvalue weighted by atomic mass is 32.1. The minimum atomic E-state index is 0.299. The van der Waals surface area contributed by atoms with Gasteiger partial charge in [0.05, 0.1) is 0 Å². The van der Waals surface area contributed by atoms with Gasteiger partial charge in [-0.2, -0.15) is 0 Å². The lowest BCUT2D eigenvalue weighted by Gasteiger charge is -2.13. The smallest absolute Gasteiger partial charge is 0.231 e. The van der Waals surface area contributed by atoms with Gasteiger partial charge in [-0.25, -0.2) is 0 Å². The van der Waals surface area contributed by atoms with Crippen molar-refractivity contribution in [1.82, 2.24) is 4.90 Å². The maximum atomic E-state index is 5.27. The molecule has 0 N–H and O–H groups in total. The Bertz CT molecular complexity index is 376. The number of hydrogen-bond donors (Lipinski definition) is 0. The molecule has 0 atom stereocenters. The van der Waals surface area contributed by atoms with Gasteiger partial charge in [0.2, 0.25) is 6.79 Å². The van der Waals surface area contributed by atoms with Gasteiger partial charge in [-0.3, -0.25) is 0 Å². The lowest BCUT2D eigenvalue weighted by Crippen LogP contribution is -2.20. The van der Waals surface area contributed by atoms with Crippen LogP contribution in [0.15, 0.2) is 18.2 Å². The molecule has 0 saturated carbocycles. The quantitative estimate of drug-likeness (QED) is 0.656. The van der Waals surface area contributed by atoms with E-state index < -0.39 is 0 Å². The zero-order valence-electron chi connectivity index (χ0n) is 8.11. The van der Waals surface area contributed by atoms with Crippen LogP contribution in [-0.4, -0.2) is 30.8 Å². The van der Waals surface area contributed by atoms with Gasteiger partial charge in [-0.1, -0.05) is 12.2 Å². The second kappa shape index (κ2) is 3.46. The first-order valence-corrected chi connectivity index (χ1v) is 4.70. The van der Waals surface area contributed by atoms with E-state index in [-0.39, 0.29) is 0 Å². The summed E-state index contributed by atoms with van der Waals surface area (Å²) in [5.74, 6) is 1.56. The molecular formula is C10H11NO2S. The fourth-order valence-corrected chi connectivity index (χ4v) is 1.41. The summed E-state index contributed by atoms with van der Waals surface area (Å²) in [6, 6.07) is 5.73. The van der Waals surface area contributed by atoms with Crippen LogP contribution < -0.4 is 9.47 Å². The summed E-state index contributed by atoms with van der Waals surface area (Å²) in [7, 11) is 3.85. The molecule has 1 aliphatic rings. The van der Waals surface area contributed by atoms with Crippen molar-refractivity contribution in [3.8, 4) is 11.5 Å². The number of hydrogen-bond acceptors (Lipinski definition) is 3. The molecule has 0 aliphatic carbocycles. The molecule has 0 aromatic heterocycles. The molecule has 4 heteroatoms. The van der Waals surface area contributed by atoms with E-state index in [0.29, 0.717) is 6.79 Å². The summed E-state index contributed by atoms with van der Waals surface area (Å²) in [6.45, 7) is 0.299. The van der Waals surface area contributed by atoms with Crippen molar-refractivity contribution in [3.63, 3.8) is 0 Å². The molecule has 1 heterocycles. The fourth-order valence-electron chi connectivity index (χ4n) is 1.29. The number of nitrogens with zero attached hydrogens (tertiary/aromatic N) is 1. The van der Waals surface area contributed by atoms with E-state index in [4.69, 9.17) is 21.7 Å². The van der Waals surface area contributed by atoms with Gasteiger partial charge in [0, 0.05) is 19.7 Å². The Labute approximate surface area is 88.2 Å². The largest absolute Gasteiger partial charge is 0.454 e. The first kappa shape index (κ1) is 9.27. The van der Waals surface area contributed by atoms with Crippen LogP contribution in [-0.2, 0) is 0 Å². The Morgan fingerprint density at radius 3 is 2.71 bits per heavy atom. The molecule has 1 aromatic carbocycles. The fraction of sp³-hybridized carbons (Fsp3) is 0.300. The molecule has 0 bridgehead atoms. The Hall–Kier alpha value is -1.29. The van der Waals surface area contributed by atoms with Crippen LogP contribution in [0.2, 0.25) is 0 Å². The average Bonchev–Trinajstić information content (AvgIpc) is 2.62. The lowest BCUT2D eigenvalue weighted by molar-refractivity contribution is 0.174. The molecule has 0 unspecified atom stereocenters. The van der Waals surface area contributed by atoms with E-state index in [1.807, 2.05) is 37.2 Å². The molecular weight excluding hydrogens is 198 g/mol. The maximum absolute atomic E-state index is 5.27. The normalized spacial score (nSPS) is 12.7. The summed E-state index contributed by atoms with van der Waals surface area (Å²) in [5.41, 5.74) is 0.981. The molecule has 74 valence electrons. The van der Waals surface area contributed by atoms with Crippen molar-refractivity contribution >= 4 is 17.2 Å². The van der Waals surface area contributed by atoms with Crippen LogP contribution in [0, 0.1) is 0 Å². The van der Waals surface area contributed by atoms with Crippen molar-refractivity contribution in [2.24, 2.45) is 0 Å². The number of benzene rings is 1. The van der Waals surface area contributed by atoms with Crippen molar-refractivity contribution in [3.05, 3.63) is 23.8 Å². The SMILES string of the molecule is CN(C)C(=S)c1ccc2c(c1)OCO2. The van der Waals surface area contributed by atoms with Crippen LogP contribution in [0.5, 0.6) is 11.5 Å². The molecule has 1 aromatic rings. The third-order valence-electron chi connectivity index (χ3n) is 2.03. The number of fused-ring (bicyclic) bond motifs is 1. The second-order valence-corrected chi connectivity index (χ2v) is 3.65. The minimum Gasteiger partial charge on any atom is -0.454 e. The third-order valence-corrected chi connectivity index (χ3v) is 2.63. The monoisotopic (exact) mass is 209 g/mol. The van der Waals surface area contributed by atoms with E-state index in [1.54, 1.807) is 0 Å². The Balaban J connectivity index is 2.33. The standard InChI is InChI=1S/C10H11NO2S/c1-11(2)10(14)7-3-4-8-9(5-7)13-6-12-8/h3-5H,6H2,1-2H3. The molecule has 3 nitrogen and oxygen atoms in total. The van der Waals surface area contributed by atoms with Crippen molar-refractivity contribution < 1.29 is 9.47 Å². The molecule has 0 saturated heterocycles. The molecule has 14 heavy (non-hydrogen) atoms. The van der Waals surface area contributed by atoms with E-state index in [0.717, 1.165) is 22.1 Å². The molecule has 2 rings (SSSR count). The van der Waals surface area contributed by atoms with E-state index in [1.165, 1.54) is 0 Å². The summed E-state index contributed by atoms with van der Waals surface area (Å²) in [6.07, 6.45) is 0. The van der Waals surface area contributed by atoms with Crippen molar-refractivity contribution in [2.45, 2.75) is 0 Å². The predicted molar refractivity (Wildman–Crippen MR) is 58.0 cm³/mol. The highest BCUT2D eigenvalue weighted by Gasteiger charge is 2.14. The second-order valence-electron chi connectivity index (χ2n) is 3.27. The van der Waals surface area contributed by atoms with Crippen LogP contribution in [0.25, 0.3) is 0 Å². The van der Waals surface area contributed by atoms with E-state index >= 15 is 0 Å². The van der Waals surface area contributed by atoms with Gasteiger partial charge in [-0.05, 0) is 18.2 Å². The van der Waals surface area contributed by atoms with Crippen LogP contribution in [0.4, 0.5) is 0 Å². The van der Waals surface area contributed by atoms with Gasteiger partial charge in [0.25, 0.3) is 0 Å². The molecule has 0 fully saturated rings. The topological polar surface area (TPSA) is 21.7 Å². The Morgan fingerprint density at radius 2 is 2.00 bits per heavy atom. The molecule has 0 radical (unpaired) electrons. The van der Waals surface area contributed by atoms with E-state index in [2.05, 4.69) is 0 Å². The summed E-state index contributed by atoms with van der Waals surface area (Å²) in [4.78, 5) is 2.69. The average molecular weight is 209 g/mol. The summed E-state index contributed by atoms with van der Waals surface area (Å²) in [5, 5.41) is 0. The zero-order chi connectivity index (χ0) is 10.1. The maximum Gasteiger partial charge on any atom is 0.231 e. The summed E-state index contributed by atoms with van der Waals surface area (Å²) >= 11 is 5.25. The first-order valence-electron chi connectivity index (χ1n) is 4.30. The third kappa shape index (κ3) is 1.53.